The topological polar surface area (TPSA) is 115 Å². The van der Waals surface area contributed by atoms with E-state index in [2.05, 4.69) is 26.6 Å². The van der Waals surface area contributed by atoms with Gasteiger partial charge in [0.25, 0.3) is 5.91 Å². The average molecular weight is 522 g/mol. The summed E-state index contributed by atoms with van der Waals surface area (Å²) in [5.74, 6) is -2.85. The Bertz CT molecular complexity index is 1100. The van der Waals surface area contributed by atoms with Crippen LogP contribution in [0.1, 0.15) is 42.6 Å². The zero-order chi connectivity index (χ0) is 27.2. The summed E-state index contributed by atoms with van der Waals surface area (Å²) in [6.45, 7) is 5.97. The van der Waals surface area contributed by atoms with Gasteiger partial charge in [0.05, 0.1) is 5.56 Å². The molecule has 12 heteroatoms. The quantitative estimate of drug-likeness (QED) is 0.568. The number of nitrogens with one attached hydrogen (secondary N) is 2. The van der Waals surface area contributed by atoms with E-state index in [-0.39, 0.29) is 30.1 Å². The number of alkyl halides is 3. The molecule has 37 heavy (non-hydrogen) atoms. The number of benzene rings is 1. The molecule has 0 saturated carbocycles. The van der Waals surface area contributed by atoms with Gasteiger partial charge in [-0.1, -0.05) is 18.2 Å². The van der Waals surface area contributed by atoms with Crippen LogP contribution >= 0.6 is 0 Å². The van der Waals surface area contributed by atoms with Gasteiger partial charge in [0.2, 0.25) is 0 Å². The molecule has 1 aromatic heterocycles. The van der Waals surface area contributed by atoms with E-state index in [1.54, 1.807) is 24.5 Å². The average Bonchev–Trinajstić information content (AvgIpc) is 3.13. The van der Waals surface area contributed by atoms with Gasteiger partial charge in [-0.25, -0.2) is 9.59 Å². The highest BCUT2D eigenvalue weighted by Crippen LogP contribution is 2.34. The maximum Gasteiger partial charge on any atom is 0.490 e. The largest absolute Gasteiger partial charge is 0.490 e. The molecule has 4 rings (SSSR count). The van der Waals surface area contributed by atoms with Crippen LogP contribution in [0.25, 0.3) is 0 Å². The molecule has 0 aliphatic carbocycles. The van der Waals surface area contributed by atoms with Gasteiger partial charge in [0.1, 0.15) is 0 Å². The Morgan fingerprint density at radius 2 is 1.84 bits per heavy atom. The van der Waals surface area contributed by atoms with Gasteiger partial charge in [-0.05, 0) is 50.5 Å². The summed E-state index contributed by atoms with van der Waals surface area (Å²) in [5.41, 5.74) is 2.69. The number of urea groups is 1. The number of anilines is 1. The van der Waals surface area contributed by atoms with E-state index in [4.69, 9.17) is 9.90 Å². The Kier molecular flexibility index (Phi) is 9.09. The molecule has 200 valence electrons. The molecular formula is C25H30F3N5O4. The van der Waals surface area contributed by atoms with E-state index in [0.29, 0.717) is 18.7 Å². The van der Waals surface area contributed by atoms with Crippen LogP contribution < -0.4 is 15.5 Å². The molecule has 2 atom stereocenters. The second-order valence-electron chi connectivity index (χ2n) is 9.16. The van der Waals surface area contributed by atoms with Crippen LogP contribution in [0.4, 0.5) is 23.7 Å². The number of carbonyl (C=O) groups is 3. The maximum absolute atomic E-state index is 12.9. The molecule has 0 bridgehead atoms. The van der Waals surface area contributed by atoms with Crippen molar-refractivity contribution in [3.05, 3.63) is 59.9 Å². The summed E-state index contributed by atoms with van der Waals surface area (Å²) in [4.78, 5) is 42.6. The molecule has 3 amide bonds. The van der Waals surface area contributed by atoms with Gasteiger partial charge in [-0.2, -0.15) is 13.2 Å². The number of carboxylic acid groups (broad SMARTS) is 1. The van der Waals surface area contributed by atoms with Gasteiger partial charge in [-0.15, -0.1) is 0 Å². The first kappa shape index (κ1) is 27.9. The normalized spacial score (nSPS) is 19.1. The fourth-order valence-electron chi connectivity index (χ4n) is 4.43. The molecule has 1 aromatic carbocycles. The lowest BCUT2D eigenvalue weighted by molar-refractivity contribution is -0.192. The number of aromatic nitrogens is 1. The fraction of sp³-hybridized carbons (Fsp3) is 0.440. The molecule has 0 spiro atoms. The Hall–Kier alpha value is -3.67. The molecule has 1 fully saturated rings. The second kappa shape index (κ2) is 12.0. The third-order valence-electron chi connectivity index (χ3n) is 6.12. The fourth-order valence-corrected chi connectivity index (χ4v) is 4.43. The molecule has 0 radical (unpaired) electrons. The number of para-hydroxylation sites is 1. The summed E-state index contributed by atoms with van der Waals surface area (Å²) in [5, 5.41) is 13.2. The third kappa shape index (κ3) is 7.42. The zero-order valence-corrected chi connectivity index (χ0v) is 20.5. The number of nitrogens with zero attached hydrogens (tertiary/aromatic N) is 3. The van der Waals surface area contributed by atoms with Gasteiger partial charge < -0.3 is 15.7 Å². The van der Waals surface area contributed by atoms with Crippen LogP contribution in [0.3, 0.4) is 0 Å². The minimum Gasteiger partial charge on any atom is -0.475 e. The van der Waals surface area contributed by atoms with Crippen molar-refractivity contribution in [3.8, 4) is 0 Å². The predicted octanol–water partition coefficient (Wildman–Crippen LogP) is 3.42. The number of hydrogen-bond acceptors (Lipinski definition) is 5. The highest BCUT2D eigenvalue weighted by atomic mass is 19.4. The van der Waals surface area contributed by atoms with E-state index >= 15 is 0 Å². The molecule has 2 unspecified atom stereocenters. The number of fused-ring (bicyclic) bond motifs is 2. The lowest BCUT2D eigenvalue weighted by Crippen LogP contribution is -2.49. The SMILES string of the molecule is CC(C)NC(=O)N1CC2CCC(CNC(=O)c3cccnc3)N2Cc2ccccc21.O=C(O)C(F)(F)F. The summed E-state index contributed by atoms with van der Waals surface area (Å²) < 4.78 is 31.7. The van der Waals surface area contributed by atoms with E-state index in [0.717, 1.165) is 30.6 Å². The maximum atomic E-state index is 12.9. The van der Waals surface area contributed by atoms with Crippen molar-refractivity contribution in [1.82, 2.24) is 20.5 Å². The number of hydrogen-bond donors (Lipinski definition) is 3. The van der Waals surface area contributed by atoms with Crippen molar-refractivity contribution in [2.24, 2.45) is 0 Å². The number of rotatable bonds is 4. The summed E-state index contributed by atoms with van der Waals surface area (Å²) in [7, 11) is 0. The van der Waals surface area contributed by atoms with E-state index in [1.807, 2.05) is 36.9 Å². The molecule has 2 aliphatic heterocycles. The summed E-state index contributed by atoms with van der Waals surface area (Å²) in [6.07, 6.45) is 0.168. The number of carbonyl (C=O) groups excluding carboxylic acids is 2. The van der Waals surface area contributed by atoms with Crippen LogP contribution in [-0.4, -0.2) is 70.3 Å². The van der Waals surface area contributed by atoms with Crippen LogP contribution in [0.2, 0.25) is 0 Å². The van der Waals surface area contributed by atoms with Crippen molar-refractivity contribution in [2.45, 2.75) is 57.5 Å². The molecule has 2 aromatic rings. The third-order valence-corrected chi connectivity index (χ3v) is 6.12. The number of halogens is 3. The highest BCUT2D eigenvalue weighted by molar-refractivity contribution is 5.94. The predicted molar refractivity (Wildman–Crippen MR) is 130 cm³/mol. The van der Waals surface area contributed by atoms with Crippen molar-refractivity contribution < 1.29 is 32.7 Å². The first-order chi connectivity index (χ1) is 17.5. The summed E-state index contributed by atoms with van der Waals surface area (Å²) in [6, 6.07) is 12.2. The van der Waals surface area contributed by atoms with Crippen LogP contribution in [-0.2, 0) is 11.3 Å². The second-order valence-corrected chi connectivity index (χ2v) is 9.16. The van der Waals surface area contributed by atoms with E-state index in [1.165, 1.54) is 0 Å². The van der Waals surface area contributed by atoms with E-state index < -0.39 is 12.1 Å². The van der Waals surface area contributed by atoms with Crippen molar-refractivity contribution >= 4 is 23.6 Å². The molecule has 9 nitrogen and oxygen atoms in total. The minimum atomic E-state index is -5.08. The zero-order valence-electron chi connectivity index (χ0n) is 20.5. The molecule has 3 heterocycles. The molecule has 1 saturated heterocycles. The summed E-state index contributed by atoms with van der Waals surface area (Å²) >= 11 is 0. The number of aliphatic carboxylic acids is 1. The number of pyridine rings is 1. The molecule has 2 aliphatic rings. The first-order valence-electron chi connectivity index (χ1n) is 11.9. The van der Waals surface area contributed by atoms with Gasteiger partial charge in [0, 0.05) is 55.8 Å². The number of amides is 3. The molecule has 3 N–H and O–H groups in total. The monoisotopic (exact) mass is 521 g/mol. The van der Waals surface area contributed by atoms with Crippen LogP contribution in [0.5, 0.6) is 0 Å². The number of carboxylic acids is 1. The Morgan fingerprint density at radius 3 is 2.46 bits per heavy atom. The Morgan fingerprint density at radius 1 is 1.14 bits per heavy atom. The van der Waals surface area contributed by atoms with Crippen molar-refractivity contribution in [2.75, 3.05) is 18.0 Å². The highest BCUT2D eigenvalue weighted by Gasteiger charge is 2.39. The van der Waals surface area contributed by atoms with Crippen molar-refractivity contribution in [3.63, 3.8) is 0 Å². The lowest BCUT2D eigenvalue weighted by atomic mass is 10.1. The first-order valence-corrected chi connectivity index (χ1v) is 11.9. The van der Waals surface area contributed by atoms with Crippen molar-refractivity contribution in [1.29, 1.82) is 0 Å². The minimum absolute atomic E-state index is 0.0485. The van der Waals surface area contributed by atoms with Gasteiger partial charge in [0.15, 0.2) is 0 Å². The lowest BCUT2D eigenvalue weighted by Gasteiger charge is -2.30. The Labute approximate surface area is 212 Å². The standard InChI is InChI=1S/C23H29N5O2.C2HF3O2/c1-16(2)26-23(30)28-15-20-10-9-19(13-25-22(29)17-7-5-11-24-12-17)27(20)14-18-6-3-4-8-21(18)28;3-2(4,5)1(6)7/h3-8,11-12,16,19-20H,9-10,13-15H2,1-2H3,(H,25,29)(H,26,30);(H,6,7). The molecular weight excluding hydrogens is 491 g/mol. The van der Waals surface area contributed by atoms with Gasteiger partial charge >= 0.3 is 18.2 Å². The van der Waals surface area contributed by atoms with E-state index in [9.17, 15) is 22.8 Å². The van der Waals surface area contributed by atoms with Gasteiger partial charge in [-0.3, -0.25) is 19.6 Å². The smallest absolute Gasteiger partial charge is 0.475 e. The Balaban J connectivity index is 0.000000479. The van der Waals surface area contributed by atoms with Crippen LogP contribution in [0, 0.1) is 0 Å². The van der Waals surface area contributed by atoms with Crippen LogP contribution in [0.15, 0.2) is 48.8 Å².